The molecule has 4 rings (SSSR count). The second-order valence-electron chi connectivity index (χ2n) is 8.91. The topological polar surface area (TPSA) is 96.0 Å². The van der Waals surface area contributed by atoms with Crippen molar-refractivity contribution in [3.63, 3.8) is 0 Å². The highest BCUT2D eigenvalue weighted by Gasteiger charge is 2.45. The predicted molar refractivity (Wildman–Crippen MR) is 127 cm³/mol. The van der Waals surface area contributed by atoms with E-state index in [1.165, 1.54) is 11.8 Å². The first-order valence-corrected chi connectivity index (χ1v) is 11.5. The van der Waals surface area contributed by atoms with E-state index in [0.29, 0.717) is 37.3 Å². The number of nitrogens with zero attached hydrogens (tertiary/aromatic N) is 2. The summed E-state index contributed by atoms with van der Waals surface area (Å²) in [4.78, 5) is 54.0. The summed E-state index contributed by atoms with van der Waals surface area (Å²) in [6.07, 6.45) is 0.985. The number of carbonyl (C=O) groups excluding carboxylic acids is 4. The molecule has 1 fully saturated rings. The number of esters is 1. The Labute approximate surface area is 198 Å². The second kappa shape index (κ2) is 9.67. The summed E-state index contributed by atoms with van der Waals surface area (Å²) in [6, 6.07) is 16.1. The molecule has 2 aromatic carbocycles. The summed E-state index contributed by atoms with van der Waals surface area (Å²) in [5.74, 6) is -1.07. The Morgan fingerprint density at radius 1 is 1.03 bits per heavy atom. The van der Waals surface area contributed by atoms with Crippen molar-refractivity contribution in [3.8, 4) is 0 Å². The van der Waals surface area contributed by atoms with Crippen LogP contribution in [-0.4, -0.2) is 54.3 Å². The van der Waals surface area contributed by atoms with E-state index in [4.69, 9.17) is 4.74 Å². The quantitative estimate of drug-likeness (QED) is 0.704. The lowest BCUT2D eigenvalue weighted by Crippen LogP contribution is -2.50. The van der Waals surface area contributed by atoms with Crippen molar-refractivity contribution in [3.05, 3.63) is 60.2 Å². The zero-order valence-electron chi connectivity index (χ0n) is 19.5. The fourth-order valence-corrected chi connectivity index (χ4v) is 4.87. The van der Waals surface area contributed by atoms with Crippen molar-refractivity contribution in [1.82, 2.24) is 4.90 Å². The van der Waals surface area contributed by atoms with Gasteiger partial charge in [-0.05, 0) is 37.5 Å². The Balaban J connectivity index is 1.54. The molecular formula is C26H29N3O5. The number of benzene rings is 2. The molecule has 2 heterocycles. The smallest absolute Gasteiger partial charge is 0.317 e. The van der Waals surface area contributed by atoms with E-state index in [2.05, 4.69) is 5.32 Å². The SMILES string of the molecule is CC(=O)N1CCC(C(=O)OCC(=O)N2c3ccccc3NC(=O)CC2C)(c2ccccc2)CC1. The van der Waals surface area contributed by atoms with Crippen LogP contribution in [0.15, 0.2) is 54.6 Å². The zero-order valence-corrected chi connectivity index (χ0v) is 19.5. The molecule has 2 aromatic rings. The number of fused-ring (bicyclic) bond motifs is 1. The molecule has 2 aliphatic heterocycles. The number of likely N-dealkylation sites (tertiary alicyclic amines) is 1. The predicted octanol–water partition coefficient (Wildman–Crippen LogP) is 2.87. The standard InChI is InChI=1S/C26H29N3O5/c1-18-16-23(31)27-21-10-6-7-11-22(21)29(18)24(32)17-34-25(33)26(20-8-4-3-5-9-20)12-14-28(15-13-26)19(2)30/h3-11,18H,12-17H2,1-2H3,(H,27,31). The molecule has 178 valence electrons. The molecule has 0 bridgehead atoms. The first kappa shape index (κ1) is 23.5. The van der Waals surface area contributed by atoms with Gasteiger partial charge in [-0.2, -0.15) is 0 Å². The summed E-state index contributed by atoms with van der Waals surface area (Å²) >= 11 is 0. The van der Waals surface area contributed by atoms with Crippen LogP contribution in [0.2, 0.25) is 0 Å². The van der Waals surface area contributed by atoms with Crippen LogP contribution < -0.4 is 10.2 Å². The minimum Gasteiger partial charge on any atom is -0.455 e. The number of ether oxygens (including phenoxy) is 1. The molecule has 0 saturated carbocycles. The normalized spacial score (nSPS) is 19.5. The number of para-hydroxylation sites is 2. The third-order valence-electron chi connectivity index (χ3n) is 6.73. The van der Waals surface area contributed by atoms with E-state index in [9.17, 15) is 19.2 Å². The lowest BCUT2D eigenvalue weighted by atomic mass is 9.72. The van der Waals surface area contributed by atoms with E-state index >= 15 is 0 Å². The van der Waals surface area contributed by atoms with Crippen molar-refractivity contribution in [1.29, 1.82) is 0 Å². The highest BCUT2D eigenvalue weighted by atomic mass is 16.5. The van der Waals surface area contributed by atoms with Crippen LogP contribution in [-0.2, 0) is 29.3 Å². The van der Waals surface area contributed by atoms with Crippen molar-refractivity contribution >= 4 is 35.1 Å². The van der Waals surface area contributed by atoms with E-state index in [1.807, 2.05) is 30.3 Å². The number of piperidine rings is 1. The lowest BCUT2D eigenvalue weighted by Gasteiger charge is -2.40. The number of anilines is 2. The fourth-order valence-electron chi connectivity index (χ4n) is 4.87. The first-order chi connectivity index (χ1) is 16.3. The van der Waals surface area contributed by atoms with Gasteiger partial charge in [-0.15, -0.1) is 0 Å². The van der Waals surface area contributed by atoms with Gasteiger partial charge in [0.15, 0.2) is 6.61 Å². The van der Waals surface area contributed by atoms with Crippen LogP contribution >= 0.6 is 0 Å². The Hall–Kier alpha value is -3.68. The number of carbonyl (C=O) groups is 4. The zero-order chi connectivity index (χ0) is 24.3. The molecule has 1 atom stereocenters. The summed E-state index contributed by atoms with van der Waals surface area (Å²) in [5, 5.41) is 2.82. The Morgan fingerprint density at radius 3 is 2.35 bits per heavy atom. The molecule has 8 heteroatoms. The third-order valence-corrected chi connectivity index (χ3v) is 6.73. The number of amides is 3. The molecule has 1 saturated heterocycles. The average molecular weight is 464 g/mol. The molecule has 0 aliphatic carbocycles. The van der Waals surface area contributed by atoms with Gasteiger partial charge in [-0.1, -0.05) is 42.5 Å². The molecule has 34 heavy (non-hydrogen) atoms. The van der Waals surface area contributed by atoms with Gasteiger partial charge in [-0.3, -0.25) is 19.2 Å². The maximum atomic E-state index is 13.5. The molecule has 0 radical (unpaired) electrons. The minimum absolute atomic E-state index is 0.0258. The molecule has 8 nitrogen and oxygen atoms in total. The number of hydrogen-bond acceptors (Lipinski definition) is 5. The molecule has 1 unspecified atom stereocenters. The fraction of sp³-hybridized carbons (Fsp3) is 0.385. The van der Waals surface area contributed by atoms with Gasteiger partial charge in [0.2, 0.25) is 11.8 Å². The van der Waals surface area contributed by atoms with Crippen molar-refractivity contribution in [2.24, 2.45) is 0 Å². The first-order valence-electron chi connectivity index (χ1n) is 11.5. The Bertz CT molecular complexity index is 1090. The molecular weight excluding hydrogens is 434 g/mol. The molecule has 2 aliphatic rings. The van der Waals surface area contributed by atoms with Crippen LogP contribution in [0, 0.1) is 0 Å². The highest BCUT2D eigenvalue weighted by Crippen LogP contribution is 2.37. The third kappa shape index (κ3) is 4.53. The van der Waals surface area contributed by atoms with Gasteiger partial charge < -0.3 is 19.9 Å². The van der Waals surface area contributed by atoms with Crippen LogP contribution in [0.1, 0.15) is 38.7 Å². The van der Waals surface area contributed by atoms with Gasteiger partial charge >= 0.3 is 5.97 Å². The van der Waals surface area contributed by atoms with Gasteiger partial charge in [-0.25, -0.2) is 0 Å². The highest BCUT2D eigenvalue weighted by molar-refractivity contribution is 6.05. The van der Waals surface area contributed by atoms with Crippen molar-refractivity contribution in [2.45, 2.75) is 44.6 Å². The van der Waals surface area contributed by atoms with Crippen molar-refractivity contribution in [2.75, 3.05) is 29.9 Å². The number of rotatable bonds is 4. The number of nitrogens with one attached hydrogen (secondary N) is 1. The van der Waals surface area contributed by atoms with Gasteiger partial charge in [0, 0.05) is 32.5 Å². The van der Waals surface area contributed by atoms with Crippen LogP contribution in [0.3, 0.4) is 0 Å². The number of hydrogen-bond donors (Lipinski definition) is 1. The maximum Gasteiger partial charge on any atom is 0.317 e. The molecule has 0 spiro atoms. The van der Waals surface area contributed by atoms with Crippen LogP contribution in [0.4, 0.5) is 11.4 Å². The van der Waals surface area contributed by atoms with Gasteiger partial charge in [0.1, 0.15) is 0 Å². The van der Waals surface area contributed by atoms with E-state index in [0.717, 1.165) is 5.56 Å². The largest absolute Gasteiger partial charge is 0.455 e. The van der Waals surface area contributed by atoms with E-state index < -0.39 is 29.9 Å². The molecule has 0 aromatic heterocycles. The summed E-state index contributed by atoms with van der Waals surface area (Å²) in [5.41, 5.74) is 1.02. The summed E-state index contributed by atoms with van der Waals surface area (Å²) in [7, 11) is 0. The lowest BCUT2D eigenvalue weighted by molar-refractivity contribution is -0.157. The van der Waals surface area contributed by atoms with E-state index in [1.54, 1.807) is 36.1 Å². The summed E-state index contributed by atoms with van der Waals surface area (Å²) < 4.78 is 5.64. The summed E-state index contributed by atoms with van der Waals surface area (Å²) in [6.45, 7) is 3.77. The van der Waals surface area contributed by atoms with E-state index in [-0.39, 0.29) is 18.2 Å². The van der Waals surface area contributed by atoms with Gasteiger partial charge in [0.05, 0.1) is 16.8 Å². The second-order valence-corrected chi connectivity index (χ2v) is 8.91. The van der Waals surface area contributed by atoms with Gasteiger partial charge in [0.25, 0.3) is 5.91 Å². The molecule has 1 N–H and O–H groups in total. The monoisotopic (exact) mass is 463 g/mol. The van der Waals surface area contributed by atoms with Crippen molar-refractivity contribution < 1.29 is 23.9 Å². The average Bonchev–Trinajstić information content (AvgIpc) is 2.96. The maximum absolute atomic E-state index is 13.5. The molecule has 3 amide bonds. The van der Waals surface area contributed by atoms with Crippen LogP contribution in [0.25, 0.3) is 0 Å². The Morgan fingerprint density at radius 2 is 1.68 bits per heavy atom. The Kier molecular flexibility index (Phi) is 6.68. The minimum atomic E-state index is -0.923. The van der Waals surface area contributed by atoms with Crippen LogP contribution in [0.5, 0.6) is 0 Å².